The van der Waals surface area contributed by atoms with Crippen LogP contribution >= 0.6 is 0 Å². The Kier molecular flexibility index (Phi) is 4.96. The van der Waals surface area contributed by atoms with Gasteiger partial charge in [0.2, 0.25) is 5.91 Å². The topological polar surface area (TPSA) is 74.8 Å². The Morgan fingerprint density at radius 3 is 2.38 bits per heavy atom. The van der Waals surface area contributed by atoms with Crippen molar-refractivity contribution in [2.75, 3.05) is 25.5 Å². The number of carbonyl (C=O) groups excluding carboxylic acids is 1. The molecule has 0 saturated carbocycles. The molecule has 2 aromatic carbocycles. The number of carbonyl (C=O) groups is 1. The molecule has 1 heterocycles. The molecule has 6 nitrogen and oxygen atoms in total. The van der Waals surface area contributed by atoms with E-state index in [0.29, 0.717) is 6.42 Å². The summed E-state index contributed by atoms with van der Waals surface area (Å²) in [5, 5.41) is 9.18. The van der Waals surface area contributed by atoms with E-state index in [2.05, 4.69) is 20.9 Å². The maximum Gasteiger partial charge on any atom is 0.228 e. The lowest BCUT2D eigenvalue weighted by Gasteiger charge is -2.07. The van der Waals surface area contributed by atoms with Gasteiger partial charge >= 0.3 is 0 Å². The van der Waals surface area contributed by atoms with Crippen LogP contribution in [0, 0.1) is 0 Å². The second-order valence-electron chi connectivity index (χ2n) is 5.43. The van der Waals surface area contributed by atoms with E-state index in [1.807, 2.05) is 48.5 Å². The molecule has 24 heavy (non-hydrogen) atoms. The fourth-order valence-electron chi connectivity index (χ4n) is 2.39. The van der Waals surface area contributed by atoms with Crippen molar-refractivity contribution in [1.29, 1.82) is 0 Å². The van der Waals surface area contributed by atoms with Crippen molar-refractivity contribution in [2.45, 2.75) is 6.42 Å². The molecule has 3 rings (SSSR count). The Morgan fingerprint density at radius 1 is 1.08 bits per heavy atom. The van der Waals surface area contributed by atoms with Gasteiger partial charge in [0.1, 0.15) is 5.75 Å². The van der Waals surface area contributed by atoms with Gasteiger partial charge in [-0.05, 0) is 42.0 Å². The van der Waals surface area contributed by atoms with Crippen LogP contribution in [0.3, 0.4) is 0 Å². The molecule has 0 atom stereocenters. The van der Waals surface area contributed by atoms with E-state index in [1.54, 1.807) is 7.11 Å². The number of nitrogens with zero attached hydrogens (tertiary/aromatic N) is 1. The zero-order valence-corrected chi connectivity index (χ0v) is 13.5. The molecule has 0 spiro atoms. The summed E-state index contributed by atoms with van der Waals surface area (Å²) in [5.74, 6) is 1.50. The van der Waals surface area contributed by atoms with Crippen molar-refractivity contribution >= 4 is 23.2 Å². The van der Waals surface area contributed by atoms with E-state index in [1.165, 1.54) is 0 Å². The van der Waals surface area contributed by atoms with Crippen molar-refractivity contribution in [3.63, 3.8) is 0 Å². The second kappa shape index (κ2) is 7.50. The zero-order valence-electron chi connectivity index (χ0n) is 13.5. The molecule has 0 radical (unpaired) electrons. The lowest BCUT2D eigenvalue weighted by atomic mass is 10.1. The first-order valence-electron chi connectivity index (χ1n) is 7.82. The van der Waals surface area contributed by atoms with E-state index in [4.69, 9.17) is 4.74 Å². The smallest absolute Gasteiger partial charge is 0.228 e. The third kappa shape index (κ3) is 4.25. The summed E-state index contributed by atoms with van der Waals surface area (Å²) in [6.07, 6.45) is 0.319. The molecule has 0 aliphatic carbocycles. The average Bonchev–Trinajstić information content (AvgIpc) is 3.10. The van der Waals surface area contributed by atoms with Gasteiger partial charge in [-0.1, -0.05) is 12.1 Å². The molecule has 1 saturated heterocycles. The van der Waals surface area contributed by atoms with Gasteiger partial charge in [0.25, 0.3) is 0 Å². The Labute approximate surface area is 140 Å². The number of guanidine groups is 1. The summed E-state index contributed by atoms with van der Waals surface area (Å²) >= 11 is 0. The second-order valence-corrected chi connectivity index (χ2v) is 5.43. The fraction of sp³-hybridized carbons (Fsp3) is 0.222. The molecule has 0 unspecified atom stereocenters. The third-order valence-corrected chi connectivity index (χ3v) is 3.63. The van der Waals surface area contributed by atoms with Crippen LogP contribution in [0.25, 0.3) is 0 Å². The first kappa shape index (κ1) is 15.9. The normalized spacial score (nSPS) is 13.0. The molecule has 1 aliphatic rings. The fourth-order valence-corrected chi connectivity index (χ4v) is 2.39. The van der Waals surface area contributed by atoms with E-state index in [-0.39, 0.29) is 5.91 Å². The third-order valence-electron chi connectivity index (χ3n) is 3.63. The van der Waals surface area contributed by atoms with Gasteiger partial charge in [-0.3, -0.25) is 4.79 Å². The van der Waals surface area contributed by atoms with Crippen LogP contribution in [-0.4, -0.2) is 32.1 Å². The van der Waals surface area contributed by atoms with Gasteiger partial charge in [0.15, 0.2) is 5.96 Å². The van der Waals surface area contributed by atoms with Crippen LogP contribution in [0.4, 0.5) is 11.4 Å². The van der Waals surface area contributed by atoms with E-state index >= 15 is 0 Å². The molecule has 1 amide bonds. The molecule has 6 heteroatoms. The summed E-state index contributed by atoms with van der Waals surface area (Å²) in [5.41, 5.74) is 2.55. The Hall–Kier alpha value is -3.02. The van der Waals surface area contributed by atoms with Crippen molar-refractivity contribution in [2.24, 2.45) is 4.99 Å². The minimum absolute atomic E-state index is 0.0571. The van der Waals surface area contributed by atoms with Gasteiger partial charge in [0, 0.05) is 18.8 Å². The number of ether oxygens (including phenoxy) is 1. The molecule has 0 bridgehead atoms. The highest BCUT2D eigenvalue weighted by molar-refractivity contribution is 5.92. The predicted molar refractivity (Wildman–Crippen MR) is 94.9 cm³/mol. The van der Waals surface area contributed by atoms with Gasteiger partial charge in [0.05, 0.1) is 19.2 Å². The maximum atomic E-state index is 12.1. The molecule has 2 aromatic rings. The molecule has 1 fully saturated rings. The van der Waals surface area contributed by atoms with Crippen molar-refractivity contribution in [3.8, 4) is 5.75 Å². The molecule has 0 aromatic heterocycles. The monoisotopic (exact) mass is 324 g/mol. The van der Waals surface area contributed by atoms with Gasteiger partial charge in [-0.2, -0.15) is 0 Å². The van der Waals surface area contributed by atoms with Crippen LogP contribution in [0.2, 0.25) is 0 Å². The van der Waals surface area contributed by atoms with E-state index in [9.17, 15) is 4.79 Å². The maximum absolute atomic E-state index is 12.1. The predicted octanol–water partition coefficient (Wildman–Crippen LogP) is 2.06. The minimum atomic E-state index is -0.0571. The molecular formula is C18H20N4O2. The lowest BCUT2D eigenvalue weighted by molar-refractivity contribution is -0.115. The Balaban J connectivity index is 1.56. The Bertz CT molecular complexity index is 716. The summed E-state index contributed by atoms with van der Waals surface area (Å²) in [7, 11) is 1.61. The number of hydrogen-bond acceptors (Lipinski definition) is 3. The first-order valence-corrected chi connectivity index (χ1v) is 7.82. The van der Waals surface area contributed by atoms with Crippen molar-refractivity contribution in [1.82, 2.24) is 10.6 Å². The van der Waals surface area contributed by atoms with Crippen LogP contribution in [-0.2, 0) is 11.2 Å². The highest BCUT2D eigenvalue weighted by Crippen LogP contribution is 2.16. The minimum Gasteiger partial charge on any atom is -0.497 e. The number of anilines is 1. The zero-order chi connectivity index (χ0) is 16.8. The van der Waals surface area contributed by atoms with E-state index in [0.717, 1.165) is 41.7 Å². The number of nitrogens with one attached hydrogen (secondary N) is 3. The number of amides is 1. The van der Waals surface area contributed by atoms with Gasteiger partial charge in [-0.25, -0.2) is 4.99 Å². The van der Waals surface area contributed by atoms with Crippen molar-refractivity contribution in [3.05, 3.63) is 54.1 Å². The molecular weight excluding hydrogens is 304 g/mol. The molecule has 124 valence electrons. The van der Waals surface area contributed by atoms with Gasteiger partial charge < -0.3 is 20.7 Å². The van der Waals surface area contributed by atoms with Crippen LogP contribution in [0.5, 0.6) is 5.75 Å². The van der Waals surface area contributed by atoms with Crippen molar-refractivity contribution < 1.29 is 9.53 Å². The molecule has 1 aliphatic heterocycles. The molecule has 3 N–H and O–H groups in total. The standard InChI is InChI=1S/C18H20N4O2/c1-24-16-8-6-14(7-9-16)21-17(23)12-13-2-4-15(5-3-13)22-18-19-10-11-20-18/h2-9H,10-12H2,1H3,(H,21,23)(H2,19,20,22). The van der Waals surface area contributed by atoms with Crippen LogP contribution in [0.15, 0.2) is 53.5 Å². The lowest BCUT2D eigenvalue weighted by Crippen LogP contribution is -2.23. The summed E-state index contributed by atoms with van der Waals surface area (Å²) < 4.78 is 5.10. The van der Waals surface area contributed by atoms with Gasteiger partial charge in [-0.15, -0.1) is 0 Å². The number of benzene rings is 2. The number of aliphatic imine (C=N–C) groups is 1. The van der Waals surface area contributed by atoms with Crippen LogP contribution in [0.1, 0.15) is 5.56 Å². The summed E-state index contributed by atoms with van der Waals surface area (Å²) in [6, 6.07) is 14.9. The number of hydrogen-bond donors (Lipinski definition) is 3. The van der Waals surface area contributed by atoms with Crippen LogP contribution < -0.4 is 20.7 Å². The Morgan fingerprint density at radius 2 is 1.75 bits per heavy atom. The van der Waals surface area contributed by atoms with E-state index < -0.39 is 0 Å². The number of rotatable bonds is 5. The number of methoxy groups -OCH3 is 1. The summed E-state index contributed by atoms with van der Waals surface area (Å²) in [4.78, 5) is 16.6. The average molecular weight is 324 g/mol. The highest BCUT2D eigenvalue weighted by Gasteiger charge is 2.06. The quantitative estimate of drug-likeness (QED) is 0.787. The summed E-state index contributed by atoms with van der Waals surface area (Å²) in [6.45, 7) is 1.78. The largest absolute Gasteiger partial charge is 0.497 e. The highest BCUT2D eigenvalue weighted by atomic mass is 16.5. The SMILES string of the molecule is COc1ccc(NC(=O)Cc2ccc(N=C3NCCN3)cc2)cc1. The first-order chi connectivity index (χ1) is 11.7.